The minimum Gasteiger partial charge on any atom is -0.459 e. The Balaban J connectivity index is 3.90. The van der Waals surface area contributed by atoms with E-state index >= 15 is 0 Å². The molecule has 0 bridgehead atoms. The molecule has 0 rings (SSSR count). The van der Waals surface area contributed by atoms with Gasteiger partial charge in [0.25, 0.3) is 5.91 Å². The molecule has 0 aromatic heterocycles. The van der Waals surface area contributed by atoms with Crippen molar-refractivity contribution in [1.82, 2.24) is 5.32 Å². The third kappa shape index (κ3) is 7.46. The normalized spacial score (nSPS) is 11.3. The van der Waals surface area contributed by atoms with Crippen LogP contribution >= 0.6 is 22.6 Å². The molecule has 1 amide bonds. The number of alkyl halides is 5. The van der Waals surface area contributed by atoms with Crippen molar-refractivity contribution in [3.05, 3.63) is 0 Å². The summed E-state index contributed by atoms with van der Waals surface area (Å²) in [6.07, 6.45) is -6.13. The molecule has 114 valence electrons. The van der Waals surface area contributed by atoms with Crippen molar-refractivity contribution in [2.24, 2.45) is 0 Å². The second-order valence-electron chi connectivity index (χ2n) is 3.44. The molecule has 0 aromatic carbocycles. The van der Waals surface area contributed by atoms with Crippen LogP contribution in [-0.2, 0) is 14.3 Å². The summed E-state index contributed by atoms with van der Waals surface area (Å²) in [6.45, 7) is -2.03. The van der Waals surface area contributed by atoms with Crippen LogP contribution in [0.15, 0.2) is 0 Å². The van der Waals surface area contributed by atoms with E-state index in [1.54, 1.807) is 22.6 Å². The highest BCUT2D eigenvalue weighted by Crippen LogP contribution is 2.35. The van der Waals surface area contributed by atoms with Gasteiger partial charge in [0.2, 0.25) is 0 Å². The molecule has 0 saturated heterocycles. The van der Waals surface area contributed by atoms with Gasteiger partial charge in [-0.15, -0.1) is 0 Å². The molecule has 0 aromatic rings. The predicted molar refractivity (Wildman–Crippen MR) is 66.0 cm³/mol. The van der Waals surface area contributed by atoms with Gasteiger partial charge in [-0.05, 0) is 10.3 Å². The second-order valence-corrected chi connectivity index (χ2v) is 3.98. The minimum absolute atomic E-state index is 0.0227. The van der Waals surface area contributed by atoms with Crippen LogP contribution in [0.25, 0.3) is 0 Å². The molecule has 0 saturated carbocycles. The molecule has 0 spiro atoms. The zero-order chi connectivity index (χ0) is 15.8. The van der Waals surface area contributed by atoms with Crippen molar-refractivity contribution in [3.8, 4) is 9.85 Å². The second kappa shape index (κ2) is 8.23. The van der Waals surface area contributed by atoms with Crippen LogP contribution < -0.4 is 5.32 Å². The number of halogens is 6. The summed E-state index contributed by atoms with van der Waals surface area (Å²) in [4.78, 5) is 21.7. The number of carbonyl (C=O) groups excluding carboxylic acids is 2. The fourth-order valence-corrected chi connectivity index (χ4v) is 1.09. The van der Waals surface area contributed by atoms with E-state index in [0.717, 1.165) is 0 Å². The molecular formula is C10H9F5INO3. The average Bonchev–Trinajstić information content (AvgIpc) is 2.31. The molecule has 0 aliphatic heterocycles. The van der Waals surface area contributed by atoms with Gasteiger partial charge in [0.05, 0.1) is 0 Å². The molecule has 4 nitrogen and oxygen atoms in total. The van der Waals surface area contributed by atoms with Crippen LogP contribution in [-0.4, -0.2) is 37.1 Å². The number of carbonyl (C=O) groups is 2. The van der Waals surface area contributed by atoms with Crippen molar-refractivity contribution >= 4 is 34.5 Å². The number of ether oxygens (including phenoxy) is 1. The van der Waals surface area contributed by atoms with E-state index < -0.39 is 37.0 Å². The molecule has 0 fully saturated rings. The Kier molecular flexibility index (Phi) is 7.77. The predicted octanol–water partition coefficient (Wildman–Crippen LogP) is 2.02. The highest BCUT2D eigenvalue weighted by molar-refractivity contribution is 14.1. The Morgan fingerprint density at radius 3 is 2.30 bits per heavy atom. The van der Waals surface area contributed by atoms with E-state index in [9.17, 15) is 31.5 Å². The van der Waals surface area contributed by atoms with Gasteiger partial charge >= 0.3 is 18.1 Å². The lowest BCUT2D eigenvalue weighted by atomic mass is 10.3. The maximum Gasteiger partial charge on any atom is 0.456 e. The number of amides is 1. The topological polar surface area (TPSA) is 55.4 Å². The molecule has 0 heterocycles. The maximum atomic E-state index is 12.4. The fraction of sp³-hybridized carbons (Fsp3) is 0.600. The molecule has 0 atom stereocenters. The van der Waals surface area contributed by atoms with Gasteiger partial charge < -0.3 is 10.1 Å². The molecule has 1 N–H and O–H groups in total. The Morgan fingerprint density at radius 1 is 1.20 bits per heavy atom. The van der Waals surface area contributed by atoms with Gasteiger partial charge in [0, 0.05) is 41.5 Å². The lowest BCUT2D eigenvalue weighted by Gasteiger charge is -2.19. The maximum absolute atomic E-state index is 12.4. The molecule has 20 heavy (non-hydrogen) atoms. The number of esters is 1. The highest BCUT2D eigenvalue weighted by atomic mass is 127. The van der Waals surface area contributed by atoms with Crippen LogP contribution in [0.4, 0.5) is 22.0 Å². The van der Waals surface area contributed by atoms with Crippen molar-refractivity contribution in [3.63, 3.8) is 0 Å². The minimum atomic E-state index is -5.76. The smallest absolute Gasteiger partial charge is 0.456 e. The fourth-order valence-electron chi connectivity index (χ4n) is 0.847. The summed E-state index contributed by atoms with van der Waals surface area (Å²) in [7, 11) is 0. The standard InChI is InChI=1S/C10H9F5INO3/c11-9(12,10(13,14)15)6-20-8(19)2-1-5-17-7(18)3-4-16/h1-2,5-6H2,(H,17,18). The number of hydrogen-bond donors (Lipinski definition) is 1. The summed E-state index contributed by atoms with van der Waals surface area (Å²) in [5, 5.41) is 2.28. The average molecular weight is 413 g/mol. The van der Waals surface area contributed by atoms with Crippen molar-refractivity contribution in [2.75, 3.05) is 13.2 Å². The molecular weight excluding hydrogens is 404 g/mol. The summed E-state index contributed by atoms with van der Waals surface area (Å²) in [5.74, 6) is -4.73. The van der Waals surface area contributed by atoms with Crippen molar-refractivity contribution in [1.29, 1.82) is 0 Å². The quantitative estimate of drug-likeness (QED) is 0.239. The molecule has 0 aliphatic rings. The molecule has 0 unspecified atom stereocenters. The van der Waals surface area contributed by atoms with Crippen LogP contribution in [0.1, 0.15) is 12.8 Å². The summed E-state index contributed by atoms with van der Waals surface area (Å²) < 4.78 is 66.2. The van der Waals surface area contributed by atoms with E-state index in [0.29, 0.717) is 0 Å². The molecule has 0 aliphatic carbocycles. The summed E-state index contributed by atoms with van der Waals surface area (Å²) in [5.41, 5.74) is 0. The summed E-state index contributed by atoms with van der Waals surface area (Å²) >= 11 is 1.64. The van der Waals surface area contributed by atoms with Crippen LogP contribution in [0, 0.1) is 9.85 Å². The monoisotopic (exact) mass is 413 g/mol. The van der Waals surface area contributed by atoms with Gasteiger partial charge in [0.15, 0.2) is 6.61 Å². The first kappa shape index (κ1) is 18.9. The number of rotatable bonds is 6. The third-order valence-corrected chi connectivity index (χ3v) is 2.10. The van der Waals surface area contributed by atoms with E-state index in [4.69, 9.17) is 0 Å². The lowest BCUT2D eigenvalue weighted by Crippen LogP contribution is -2.41. The van der Waals surface area contributed by atoms with Gasteiger partial charge in [0.1, 0.15) is 0 Å². The highest BCUT2D eigenvalue weighted by Gasteiger charge is 2.58. The first-order valence-electron chi connectivity index (χ1n) is 5.10. The van der Waals surface area contributed by atoms with Gasteiger partial charge in [-0.1, -0.05) is 0 Å². The van der Waals surface area contributed by atoms with Crippen LogP contribution in [0.5, 0.6) is 0 Å². The van der Waals surface area contributed by atoms with E-state index in [1.165, 1.54) is 0 Å². The zero-order valence-electron chi connectivity index (χ0n) is 9.82. The van der Waals surface area contributed by atoms with Gasteiger partial charge in [-0.3, -0.25) is 9.59 Å². The first-order chi connectivity index (χ1) is 9.10. The molecule has 10 heteroatoms. The van der Waals surface area contributed by atoms with Gasteiger partial charge in [-0.2, -0.15) is 22.0 Å². The SMILES string of the molecule is O=C(C#CI)NCCCC(=O)OCC(F)(F)C(F)(F)F. The van der Waals surface area contributed by atoms with Crippen molar-refractivity contribution in [2.45, 2.75) is 24.9 Å². The number of hydrogen-bond acceptors (Lipinski definition) is 3. The van der Waals surface area contributed by atoms with Crippen molar-refractivity contribution < 1.29 is 36.3 Å². The van der Waals surface area contributed by atoms with E-state index in [1.807, 2.05) is 0 Å². The Bertz CT molecular complexity index is 413. The third-order valence-electron chi connectivity index (χ3n) is 1.83. The van der Waals surface area contributed by atoms with Gasteiger partial charge in [-0.25, -0.2) is 0 Å². The number of nitrogens with one attached hydrogen (secondary N) is 1. The van der Waals surface area contributed by atoms with Crippen LogP contribution in [0.2, 0.25) is 0 Å². The largest absolute Gasteiger partial charge is 0.459 e. The van der Waals surface area contributed by atoms with Crippen LogP contribution in [0.3, 0.4) is 0 Å². The Labute approximate surface area is 124 Å². The Hall–Kier alpha value is -1.12. The summed E-state index contributed by atoms with van der Waals surface area (Å²) in [6, 6.07) is 0. The van der Waals surface area contributed by atoms with E-state index in [-0.39, 0.29) is 13.0 Å². The zero-order valence-corrected chi connectivity index (χ0v) is 12.0. The van der Waals surface area contributed by atoms with E-state index in [2.05, 4.69) is 19.9 Å². The lowest BCUT2D eigenvalue weighted by molar-refractivity contribution is -0.294. The Morgan fingerprint density at radius 2 is 1.80 bits per heavy atom. The molecule has 0 radical (unpaired) electrons. The first-order valence-corrected chi connectivity index (χ1v) is 6.17.